The van der Waals surface area contributed by atoms with Gasteiger partial charge in [0, 0.05) is 7.05 Å². The number of hydrogen-bond acceptors (Lipinski definition) is 8. The van der Waals surface area contributed by atoms with Crippen molar-refractivity contribution >= 4 is 51.9 Å². The number of carbonyl (C=O) groups excluding carboxylic acids is 2. The number of methoxy groups -OCH3 is 2. The van der Waals surface area contributed by atoms with E-state index in [9.17, 15) is 19.5 Å². The van der Waals surface area contributed by atoms with E-state index < -0.39 is 17.4 Å². The number of nitrogens with zero attached hydrogens (tertiary/aromatic N) is 3. The van der Waals surface area contributed by atoms with Gasteiger partial charge in [0.05, 0.1) is 42.0 Å². The molecule has 1 aliphatic rings. The third kappa shape index (κ3) is 4.02. The van der Waals surface area contributed by atoms with Gasteiger partial charge in [0.15, 0.2) is 15.8 Å². The van der Waals surface area contributed by atoms with Crippen LogP contribution in [-0.4, -0.2) is 39.8 Å². The lowest BCUT2D eigenvalue weighted by atomic mass is 10.0. The number of carboxylic acid groups (broad SMARTS) is 1. The van der Waals surface area contributed by atoms with E-state index in [-0.39, 0.29) is 37.5 Å². The molecule has 1 amide bonds. The second-order valence-corrected chi connectivity index (χ2v) is 9.16. The number of thioether (sulfide) groups is 1. The third-order valence-corrected chi connectivity index (χ3v) is 6.91. The molecule has 0 radical (unpaired) electrons. The topological polar surface area (TPSA) is 106 Å². The van der Waals surface area contributed by atoms with Crippen LogP contribution in [0.1, 0.15) is 21.6 Å². The average molecular weight is 511 g/mol. The standard InChI is InChI=1S/C24H21N3O6S2/c1-13-19(22(29)27(25(13)2)15-8-6-5-7-9-15)26-21(28)17(35-24(26)34)12-14-10-11-16(32-3)20(33-4)18(14)23(30)31/h5-12H,1-4H3,(H,30,31)/p-1/b17-12-. The number of aromatic carboxylic acids is 1. The Morgan fingerprint density at radius 2 is 1.77 bits per heavy atom. The molecule has 2 aromatic carbocycles. The van der Waals surface area contributed by atoms with Gasteiger partial charge in [-0.05, 0) is 36.8 Å². The van der Waals surface area contributed by atoms with Crippen LogP contribution in [0.25, 0.3) is 11.8 Å². The fourth-order valence-corrected chi connectivity index (χ4v) is 5.15. The Labute approximate surface area is 210 Å². The fraction of sp³-hybridized carbons (Fsp3) is 0.167. The van der Waals surface area contributed by atoms with Crippen LogP contribution in [0, 0.1) is 6.92 Å². The van der Waals surface area contributed by atoms with Gasteiger partial charge in [-0.25, -0.2) is 4.68 Å². The maximum absolute atomic E-state index is 13.4. The van der Waals surface area contributed by atoms with E-state index in [1.807, 2.05) is 18.2 Å². The molecule has 4 rings (SSSR count). The summed E-state index contributed by atoms with van der Waals surface area (Å²) >= 11 is 6.42. The van der Waals surface area contributed by atoms with Gasteiger partial charge in [0.2, 0.25) is 0 Å². The molecule has 0 spiro atoms. The molecule has 0 atom stereocenters. The highest BCUT2D eigenvalue weighted by Crippen LogP contribution is 2.39. The quantitative estimate of drug-likeness (QED) is 0.367. The number of carbonyl (C=O) groups is 2. The summed E-state index contributed by atoms with van der Waals surface area (Å²) in [5, 5.41) is 11.9. The van der Waals surface area contributed by atoms with Crippen molar-refractivity contribution < 1.29 is 24.2 Å². The Kier molecular flexibility index (Phi) is 6.55. The van der Waals surface area contributed by atoms with Crippen molar-refractivity contribution in [2.45, 2.75) is 6.92 Å². The molecular formula is C24H20N3O6S2-. The summed E-state index contributed by atoms with van der Waals surface area (Å²) in [4.78, 5) is 40.0. The average Bonchev–Trinajstić information content (AvgIpc) is 3.23. The number of rotatable bonds is 6. The van der Waals surface area contributed by atoms with E-state index in [0.717, 1.165) is 11.8 Å². The van der Waals surface area contributed by atoms with E-state index >= 15 is 0 Å². The second kappa shape index (κ2) is 9.43. The first-order chi connectivity index (χ1) is 16.7. The van der Waals surface area contributed by atoms with Crippen LogP contribution in [0.5, 0.6) is 11.5 Å². The van der Waals surface area contributed by atoms with E-state index in [2.05, 4.69) is 0 Å². The zero-order valence-electron chi connectivity index (χ0n) is 19.2. The lowest BCUT2D eigenvalue weighted by Crippen LogP contribution is -2.33. The minimum atomic E-state index is -1.49. The summed E-state index contributed by atoms with van der Waals surface area (Å²) in [7, 11) is 4.41. The van der Waals surface area contributed by atoms with Crippen LogP contribution in [0.3, 0.4) is 0 Å². The van der Waals surface area contributed by atoms with Gasteiger partial charge >= 0.3 is 0 Å². The Morgan fingerprint density at radius 1 is 1.09 bits per heavy atom. The molecule has 1 saturated heterocycles. The van der Waals surface area contributed by atoms with Gasteiger partial charge in [0.25, 0.3) is 11.5 Å². The predicted molar refractivity (Wildman–Crippen MR) is 135 cm³/mol. The second-order valence-electron chi connectivity index (χ2n) is 7.48. The van der Waals surface area contributed by atoms with Gasteiger partial charge in [-0.15, -0.1) is 0 Å². The van der Waals surface area contributed by atoms with Crippen molar-refractivity contribution in [3.05, 3.63) is 74.5 Å². The van der Waals surface area contributed by atoms with Crippen LogP contribution >= 0.6 is 24.0 Å². The highest BCUT2D eigenvalue weighted by molar-refractivity contribution is 8.27. The van der Waals surface area contributed by atoms with Gasteiger partial charge in [-0.3, -0.25) is 19.2 Å². The first-order valence-electron chi connectivity index (χ1n) is 10.3. The summed E-state index contributed by atoms with van der Waals surface area (Å²) in [5.41, 5.74) is 0.816. The summed E-state index contributed by atoms with van der Waals surface area (Å²) in [6.07, 6.45) is 1.39. The lowest BCUT2D eigenvalue weighted by molar-refractivity contribution is -0.255. The third-order valence-electron chi connectivity index (χ3n) is 5.61. The van der Waals surface area contributed by atoms with E-state index in [1.165, 1.54) is 42.0 Å². The molecule has 0 N–H and O–H groups in total. The predicted octanol–water partition coefficient (Wildman–Crippen LogP) is 2.27. The molecule has 0 bridgehead atoms. The number of para-hydroxylation sites is 1. The normalized spacial score (nSPS) is 14.6. The number of aromatic nitrogens is 2. The highest BCUT2D eigenvalue weighted by atomic mass is 32.2. The molecule has 1 fully saturated rings. The monoisotopic (exact) mass is 510 g/mol. The van der Waals surface area contributed by atoms with Gasteiger partial charge < -0.3 is 19.4 Å². The number of ether oxygens (including phenoxy) is 2. The highest BCUT2D eigenvalue weighted by Gasteiger charge is 2.38. The summed E-state index contributed by atoms with van der Waals surface area (Å²) in [6, 6.07) is 12.0. The Balaban J connectivity index is 1.82. The van der Waals surface area contributed by atoms with Crippen molar-refractivity contribution in [1.82, 2.24) is 9.36 Å². The molecule has 3 aromatic rings. The van der Waals surface area contributed by atoms with Crippen molar-refractivity contribution in [3.63, 3.8) is 0 Å². The van der Waals surface area contributed by atoms with Crippen molar-refractivity contribution in [1.29, 1.82) is 0 Å². The maximum atomic E-state index is 13.4. The summed E-state index contributed by atoms with van der Waals surface area (Å²) in [5.74, 6) is -1.85. The Bertz CT molecular complexity index is 1460. The zero-order valence-corrected chi connectivity index (χ0v) is 20.9. The Hall–Kier alpha value is -3.83. The van der Waals surface area contributed by atoms with Gasteiger partial charge in [-0.2, -0.15) is 0 Å². The minimum Gasteiger partial charge on any atom is -0.545 e. The molecule has 180 valence electrons. The van der Waals surface area contributed by atoms with Crippen LogP contribution in [0.2, 0.25) is 0 Å². The van der Waals surface area contributed by atoms with Crippen LogP contribution in [0.15, 0.2) is 52.2 Å². The molecular weight excluding hydrogens is 490 g/mol. The van der Waals surface area contributed by atoms with Crippen molar-refractivity contribution in [2.75, 3.05) is 19.1 Å². The molecule has 0 saturated carbocycles. The molecule has 1 aromatic heterocycles. The first kappa shape index (κ1) is 24.3. The Morgan fingerprint density at radius 3 is 2.37 bits per heavy atom. The fourth-order valence-electron chi connectivity index (χ4n) is 3.89. The number of benzene rings is 2. The zero-order chi connectivity index (χ0) is 25.4. The smallest absolute Gasteiger partial charge is 0.296 e. The van der Waals surface area contributed by atoms with Gasteiger partial charge in [0.1, 0.15) is 5.69 Å². The minimum absolute atomic E-state index is 0.0265. The maximum Gasteiger partial charge on any atom is 0.296 e. The van der Waals surface area contributed by atoms with E-state index in [0.29, 0.717) is 11.4 Å². The number of anilines is 1. The number of carboxylic acids is 1. The SMILES string of the molecule is COc1ccc(/C=C2\SC(=S)N(c3c(C)n(C)n(-c4ccccc4)c3=O)C2=O)c(C(=O)[O-])c1OC. The first-order valence-corrected chi connectivity index (χ1v) is 11.5. The number of hydrogen-bond donors (Lipinski definition) is 0. The van der Waals surface area contributed by atoms with Crippen LogP contribution in [-0.2, 0) is 11.8 Å². The molecule has 9 nitrogen and oxygen atoms in total. The summed E-state index contributed by atoms with van der Waals surface area (Å²) < 4.78 is 13.6. The van der Waals surface area contributed by atoms with Crippen LogP contribution in [0.4, 0.5) is 5.69 Å². The lowest BCUT2D eigenvalue weighted by Gasteiger charge is -2.16. The molecule has 11 heteroatoms. The van der Waals surface area contributed by atoms with E-state index in [1.54, 1.807) is 30.8 Å². The van der Waals surface area contributed by atoms with Crippen molar-refractivity contribution in [2.24, 2.45) is 7.05 Å². The number of thiocarbonyl (C=S) groups is 1. The largest absolute Gasteiger partial charge is 0.545 e. The molecule has 0 unspecified atom stereocenters. The number of amides is 1. The molecule has 35 heavy (non-hydrogen) atoms. The van der Waals surface area contributed by atoms with E-state index in [4.69, 9.17) is 21.7 Å². The van der Waals surface area contributed by atoms with Gasteiger partial charge in [-0.1, -0.05) is 48.2 Å². The summed E-state index contributed by atoms with van der Waals surface area (Å²) in [6.45, 7) is 1.72. The molecule has 2 heterocycles. The van der Waals surface area contributed by atoms with Crippen molar-refractivity contribution in [3.8, 4) is 17.2 Å². The molecule has 0 aliphatic carbocycles. The van der Waals surface area contributed by atoms with Crippen LogP contribution < -0.4 is 25.0 Å². The molecule has 1 aliphatic heterocycles.